The quantitative estimate of drug-likeness (QED) is 0.495. The minimum absolute atomic E-state index is 0.219. The third-order valence-corrected chi connectivity index (χ3v) is 3.72. The Labute approximate surface area is 168 Å². The molecule has 0 aliphatic carbocycles. The van der Waals surface area contributed by atoms with Gasteiger partial charge in [-0.3, -0.25) is 19.2 Å². The molecule has 152 valence electrons. The van der Waals surface area contributed by atoms with Gasteiger partial charge in [0.2, 0.25) is 5.91 Å². The van der Waals surface area contributed by atoms with E-state index in [0.717, 1.165) is 0 Å². The zero-order valence-electron chi connectivity index (χ0n) is 16.2. The standard InChI is InChI=1S/C21H22N2O6/c1-3-28-19-7-5-4-6-17(19)21(27)22-12-20(26)29-13-18(25)15-8-10-16(11-9-15)23-14(2)24/h4-11H,3,12-13H2,1-2H3,(H,22,27)(H,23,24). The summed E-state index contributed by atoms with van der Waals surface area (Å²) in [6.07, 6.45) is 0. The average Bonchev–Trinajstić information content (AvgIpc) is 2.71. The van der Waals surface area contributed by atoms with Gasteiger partial charge in [-0.25, -0.2) is 0 Å². The Bertz CT molecular complexity index is 892. The zero-order chi connectivity index (χ0) is 21.2. The van der Waals surface area contributed by atoms with Gasteiger partial charge in [0.1, 0.15) is 12.3 Å². The lowest BCUT2D eigenvalue weighted by Gasteiger charge is -2.10. The zero-order valence-corrected chi connectivity index (χ0v) is 16.2. The van der Waals surface area contributed by atoms with E-state index in [0.29, 0.717) is 29.2 Å². The van der Waals surface area contributed by atoms with Crippen LogP contribution in [0.3, 0.4) is 0 Å². The number of Topliss-reactive ketones (excluding diaryl/α,β-unsaturated/α-hetero) is 1. The van der Waals surface area contributed by atoms with Gasteiger partial charge in [0.15, 0.2) is 12.4 Å². The lowest BCUT2D eigenvalue weighted by molar-refractivity contribution is -0.141. The summed E-state index contributed by atoms with van der Waals surface area (Å²) >= 11 is 0. The van der Waals surface area contributed by atoms with Crippen LogP contribution in [0.15, 0.2) is 48.5 Å². The summed E-state index contributed by atoms with van der Waals surface area (Å²) in [6.45, 7) is 2.75. The van der Waals surface area contributed by atoms with E-state index in [1.807, 2.05) is 0 Å². The molecule has 2 amide bonds. The van der Waals surface area contributed by atoms with Gasteiger partial charge in [-0.15, -0.1) is 0 Å². The van der Waals surface area contributed by atoms with E-state index in [-0.39, 0.29) is 12.5 Å². The van der Waals surface area contributed by atoms with Gasteiger partial charge < -0.3 is 20.1 Å². The van der Waals surface area contributed by atoms with Crippen LogP contribution in [0.5, 0.6) is 5.75 Å². The molecule has 2 rings (SSSR count). The third kappa shape index (κ3) is 6.76. The van der Waals surface area contributed by atoms with Crippen LogP contribution in [0.25, 0.3) is 0 Å². The van der Waals surface area contributed by atoms with Gasteiger partial charge in [0.05, 0.1) is 12.2 Å². The van der Waals surface area contributed by atoms with Crippen molar-refractivity contribution in [3.63, 3.8) is 0 Å². The van der Waals surface area contributed by atoms with Crippen LogP contribution in [-0.2, 0) is 14.3 Å². The van der Waals surface area contributed by atoms with Crippen LogP contribution >= 0.6 is 0 Å². The number of hydrogen-bond acceptors (Lipinski definition) is 6. The second-order valence-electron chi connectivity index (χ2n) is 5.95. The highest BCUT2D eigenvalue weighted by molar-refractivity contribution is 6.00. The molecule has 2 aromatic carbocycles. The van der Waals surface area contributed by atoms with Gasteiger partial charge in [0, 0.05) is 18.2 Å². The number of benzene rings is 2. The Morgan fingerprint density at radius 3 is 2.31 bits per heavy atom. The number of rotatable bonds is 9. The molecule has 0 fully saturated rings. The predicted molar refractivity (Wildman–Crippen MR) is 106 cm³/mol. The SMILES string of the molecule is CCOc1ccccc1C(=O)NCC(=O)OCC(=O)c1ccc(NC(C)=O)cc1. The highest BCUT2D eigenvalue weighted by atomic mass is 16.5. The molecule has 0 spiro atoms. The predicted octanol–water partition coefficient (Wildman–Crippen LogP) is 2.20. The van der Waals surface area contributed by atoms with Gasteiger partial charge in [-0.05, 0) is 43.3 Å². The van der Waals surface area contributed by atoms with Crippen LogP contribution in [0.1, 0.15) is 34.6 Å². The number of esters is 1. The number of ether oxygens (including phenoxy) is 2. The maximum Gasteiger partial charge on any atom is 0.325 e. The Kier molecular flexibility index (Phi) is 7.90. The number of carbonyl (C=O) groups excluding carboxylic acids is 4. The molecule has 0 radical (unpaired) electrons. The minimum Gasteiger partial charge on any atom is -0.493 e. The first-order valence-corrected chi connectivity index (χ1v) is 8.97. The molecule has 0 aliphatic heterocycles. The van der Waals surface area contributed by atoms with Crippen LogP contribution < -0.4 is 15.4 Å². The number of anilines is 1. The third-order valence-electron chi connectivity index (χ3n) is 3.72. The molecule has 0 saturated carbocycles. The smallest absolute Gasteiger partial charge is 0.325 e. The molecule has 0 atom stereocenters. The van der Waals surface area contributed by atoms with Crippen molar-refractivity contribution >= 4 is 29.3 Å². The van der Waals surface area contributed by atoms with Gasteiger partial charge in [-0.1, -0.05) is 12.1 Å². The first-order valence-electron chi connectivity index (χ1n) is 8.97. The molecule has 0 aliphatic rings. The van der Waals surface area contributed by atoms with Crippen molar-refractivity contribution in [2.75, 3.05) is 25.1 Å². The fraction of sp³-hybridized carbons (Fsp3) is 0.238. The first-order chi connectivity index (χ1) is 13.9. The topological polar surface area (TPSA) is 111 Å². The molecule has 0 heterocycles. The van der Waals surface area contributed by atoms with Crippen LogP contribution in [0.4, 0.5) is 5.69 Å². The molecule has 2 N–H and O–H groups in total. The van der Waals surface area contributed by atoms with Crippen LogP contribution in [0, 0.1) is 0 Å². The van der Waals surface area contributed by atoms with Gasteiger partial charge in [-0.2, -0.15) is 0 Å². The van der Waals surface area contributed by atoms with Crippen molar-refractivity contribution < 1.29 is 28.7 Å². The summed E-state index contributed by atoms with van der Waals surface area (Å²) < 4.78 is 10.3. The van der Waals surface area contributed by atoms with E-state index < -0.39 is 24.3 Å². The van der Waals surface area contributed by atoms with Crippen molar-refractivity contribution in [3.05, 3.63) is 59.7 Å². The molecule has 0 saturated heterocycles. The van der Waals surface area contributed by atoms with E-state index >= 15 is 0 Å². The fourth-order valence-corrected chi connectivity index (χ4v) is 2.41. The van der Waals surface area contributed by atoms with Crippen LogP contribution in [0.2, 0.25) is 0 Å². The Morgan fingerprint density at radius 2 is 1.66 bits per heavy atom. The summed E-state index contributed by atoms with van der Waals surface area (Å²) in [6, 6.07) is 12.9. The van der Waals surface area contributed by atoms with E-state index in [9.17, 15) is 19.2 Å². The van der Waals surface area contributed by atoms with E-state index in [2.05, 4.69) is 10.6 Å². The van der Waals surface area contributed by atoms with Gasteiger partial charge in [0.25, 0.3) is 5.91 Å². The minimum atomic E-state index is -0.740. The molecule has 29 heavy (non-hydrogen) atoms. The maximum atomic E-state index is 12.2. The number of amides is 2. The molecule has 0 unspecified atom stereocenters. The number of para-hydroxylation sites is 1. The van der Waals surface area contributed by atoms with E-state index in [1.165, 1.54) is 19.1 Å². The maximum absolute atomic E-state index is 12.2. The lowest BCUT2D eigenvalue weighted by Crippen LogP contribution is -2.31. The van der Waals surface area contributed by atoms with E-state index in [4.69, 9.17) is 9.47 Å². The van der Waals surface area contributed by atoms with Crippen molar-refractivity contribution in [2.24, 2.45) is 0 Å². The second-order valence-corrected chi connectivity index (χ2v) is 5.95. The number of carbonyl (C=O) groups is 4. The molecular weight excluding hydrogens is 376 g/mol. The number of hydrogen-bond donors (Lipinski definition) is 2. The fourth-order valence-electron chi connectivity index (χ4n) is 2.41. The molecule has 8 heteroatoms. The summed E-state index contributed by atoms with van der Waals surface area (Å²) in [5, 5.41) is 5.03. The monoisotopic (exact) mass is 398 g/mol. The van der Waals surface area contributed by atoms with E-state index in [1.54, 1.807) is 43.3 Å². The van der Waals surface area contributed by atoms with Crippen molar-refractivity contribution in [1.82, 2.24) is 5.32 Å². The Balaban J connectivity index is 1.81. The molecular formula is C21H22N2O6. The molecule has 8 nitrogen and oxygen atoms in total. The Hall–Kier alpha value is -3.68. The summed E-state index contributed by atoms with van der Waals surface area (Å²) in [5.74, 6) is -1.43. The summed E-state index contributed by atoms with van der Waals surface area (Å²) in [4.78, 5) is 47.1. The van der Waals surface area contributed by atoms with Crippen molar-refractivity contribution in [1.29, 1.82) is 0 Å². The largest absolute Gasteiger partial charge is 0.493 e. The highest BCUT2D eigenvalue weighted by Crippen LogP contribution is 2.17. The lowest BCUT2D eigenvalue weighted by atomic mass is 10.1. The Morgan fingerprint density at radius 1 is 0.966 bits per heavy atom. The second kappa shape index (κ2) is 10.6. The molecule has 2 aromatic rings. The first kappa shape index (κ1) is 21.6. The van der Waals surface area contributed by atoms with Gasteiger partial charge >= 0.3 is 5.97 Å². The molecule has 0 aromatic heterocycles. The summed E-state index contributed by atoms with van der Waals surface area (Å²) in [7, 11) is 0. The van der Waals surface area contributed by atoms with Crippen molar-refractivity contribution in [3.8, 4) is 5.75 Å². The highest BCUT2D eigenvalue weighted by Gasteiger charge is 2.15. The van der Waals surface area contributed by atoms with Crippen LogP contribution in [-0.4, -0.2) is 43.3 Å². The summed E-state index contributed by atoms with van der Waals surface area (Å²) in [5.41, 5.74) is 1.19. The normalized spacial score (nSPS) is 10.0. The van der Waals surface area contributed by atoms with Crippen molar-refractivity contribution in [2.45, 2.75) is 13.8 Å². The average molecular weight is 398 g/mol. The number of ketones is 1. The number of nitrogens with one attached hydrogen (secondary N) is 2. The molecule has 0 bridgehead atoms.